The van der Waals surface area contributed by atoms with Crippen LogP contribution in [-0.4, -0.2) is 24.5 Å². The number of rotatable bonds is 6. The first-order chi connectivity index (χ1) is 9.81. The van der Waals surface area contributed by atoms with Gasteiger partial charge >= 0.3 is 0 Å². The van der Waals surface area contributed by atoms with Crippen LogP contribution in [0.15, 0.2) is 30.3 Å². The molecule has 1 amide bonds. The molecule has 2 unspecified atom stereocenters. The van der Waals surface area contributed by atoms with E-state index in [2.05, 4.69) is 34.9 Å². The number of amides is 1. The molecule has 3 heteroatoms. The molecule has 1 saturated carbocycles. The molecule has 0 spiro atoms. The maximum absolute atomic E-state index is 12.2. The lowest BCUT2D eigenvalue weighted by atomic mass is 10.0. The Morgan fingerprint density at radius 2 is 2.05 bits per heavy atom. The van der Waals surface area contributed by atoms with Crippen LogP contribution in [0.5, 0.6) is 0 Å². The van der Waals surface area contributed by atoms with E-state index in [1.807, 2.05) is 6.07 Å². The third-order valence-corrected chi connectivity index (χ3v) is 4.43. The van der Waals surface area contributed by atoms with Gasteiger partial charge in [0.15, 0.2) is 0 Å². The highest BCUT2D eigenvalue weighted by molar-refractivity contribution is 5.77. The van der Waals surface area contributed by atoms with Gasteiger partial charge in [0.25, 0.3) is 0 Å². The minimum absolute atomic E-state index is 0.220. The van der Waals surface area contributed by atoms with Gasteiger partial charge in [-0.1, -0.05) is 30.3 Å². The van der Waals surface area contributed by atoms with E-state index in [0.29, 0.717) is 24.4 Å². The van der Waals surface area contributed by atoms with Gasteiger partial charge in [-0.25, -0.2) is 0 Å². The predicted octanol–water partition coefficient (Wildman–Crippen LogP) is 2.27. The Labute approximate surface area is 121 Å². The van der Waals surface area contributed by atoms with E-state index in [0.717, 1.165) is 19.4 Å². The van der Waals surface area contributed by atoms with Crippen molar-refractivity contribution in [2.24, 2.45) is 5.92 Å². The molecule has 0 aromatic heterocycles. The molecule has 1 heterocycles. The standard InChI is InChI=1S/C17H24N2O/c20-17(12-15-7-4-10-18-15)19-16(14-8-9-14)11-13-5-2-1-3-6-13/h1-3,5-6,14-16,18H,4,7-12H2,(H,19,20). The minimum Gasteiger partial charge on any atom is -0.353 e. The lowest BCUT2D eigenvalue weighted by Gasteiger charge is -2.20. The van der Waals surface area contributed by atoms with Crippen LogP contribution < -0.4 is 10.6 Å². The molecule has 3 rings (SSSR count). The van der Waals surface area contributed by atoms with Crippen molar-refractivity contribution < 1.29 is 4.79 Å². The Hall–Kier alpha value is -1.35. The summed E-state index contributed by atoms with van der Waals surface area (Å²) in [5.74, 6) is 0.910. The summed E-state index contributed by atoms with van der Waals surface area (Å²) in [4.78, 5) is 12.2. The summed E-state index contributed by atoms with van der Waals surface area (Å²) in [6.07, 6.45) is 6.47. The molecule has 2 atom stereocenters. The SMILES string of the molecule is O=C(CC1CCCN1)NC(Cc1ccccc1)C1CC1. The molecule has 1 aromatic carbocycles. The normalized spacial score (nSPS) is 23.5. The smallest absolute Gasteiger partial charge is 0.221 e. The second kappa shape index (κ2) is 6.40. The zero-order chi connectivity index (χ0) is 13.8. The van der Waals surface area contributed by atoms with E-state index in [9.17, 15) is 4.79 Å². The van der Waals surface area contributed by atoms with Crippen LogP contribution in [0.2, 0.25) is 0 Å². The molecule has 3 nitrogen and oxygen atoms in total. The lowest BCUT2D eigenvalue weighted by Crippen LogP contribution is -2.40. The van der Waals surface area contributed by atoms with Crippen molar-refractivity contribution in [2.75, 3.05) is 6.54 Å². The minimum atomic E-state index is 0.220. The van der Waals surface area contributed by atoms with Crippen molar-refractivity contribution >= 4 is 5.91 Å². The van der Waals surface area contributed by atoms with Gasteiger partial charge in [0.2, 0.25) is 5.91 Å². The van der Waals surface area contributed by atoms with Crippen LogP contribution in [0, 0.1) is 5.92 Å². The molecule has 20 heavy (non-hydrogen) atoms. The van der Waals surface area contributed by atoms with Crippen molar-refractivity contribution in [3.63, 3.8) is 0 Å². The number of hydrogen-bond acceptors (Lipinski definition) is 2. The number of benzene rings is 1. The van der Waals surface area contributed by atoms with Crippen molar-refractivity contribution in [1.29, 1.82) is 0 Å². The maximum Gasteiger partial charge on any atom is 0.221 e. The van der Waals surface area contributed by atoms with Crippen LogP contribution in [0.3, 0.4) is 0 Å². The first-order valence-corrected chi connectivity index (χ1v) is 7.88. The molecule has 108 valence electrons. The van der Waals surface area contributed by atoms with Crippen LogP contribution in [-0.2, 0) is 11.2 Å². The first-order valence-electron chi connectivity index (χ1n) is 7.88. The molecule has 1 aliphatic heterocycles. The largest absolute Gasteiger partial charge is 0.353 e. The van der Waals surface area contributed by atoms with E-state index in [1.165, 1.54) is 24.8 Å². The van der Waals surface area contributed by atoms with Crippen molar-refractivity contribution in [3.05, 3.63) is 35.9 Å². The summed E-state index contributed by atoms with van der Waals surface area (Å²) in [6, 6.07) is 11.2. The van der Waals surface area contributed by atoms with Crippen LogP contribution in [0.4, 0.5) is 0 Å². The summed E-state index contributed by atoms with van der Waals surface area (Å²) in [5.41, 5.74) is 1.32. The van der Waals surface area contributed by atoms with E-state index < -0.39 is 0 Å². The van der Waals surface area contributed by atoms with Crippen molar-refractivity contribution in [1.82, 2.24) is 10.6 Å². The molecule has 0 radical (unpaired) electrons. The van der Waals surface area contributed by atoms with Crippen LogP contribution >= 0.6 is 0 Å². The van der Waals surface area contributed by atoms with Gasteiger partial charge in [-0.15, -0.1) is 0 Å². The molecule has 1 aromatic rings. The molecule has 2 fully saturated rings. The molecule has 0 bridgehead atoms. The molecule has 1 saturated heterocycles. The number of hydrogen-bond donors (Lipinski definition) is 2. The Morgan fingerprint density at radius 1 is 1.25 bits per heavy atom. The van der Waals surface area contributed by atoms with Gasteiger partial charge < -0.3 is 10.6 Å². The summed E-state index contributed by atoms with van der Waals surface area (Å²) in [6.45, 7) is 1.06. The van der Waals surface area contributed by atoms with Crippen LogP contribution in [0.1, 0.15) is 37.7 Å². The number of carbonyl (C=O) groups is 1. The van der Waals surface area contributed by atoms with Crippen molar-refractivity contribution in [3.8, 4) is 0 Å². The zero-order valence-corrected chi connectivity index (χ0v) is 12.0. The average Bonchev–Trinajstić information content (AvgIpc) is 3.18. The third-order valence-electron chi connectivity index (χ3n) is 4.43. The average molecular weight is 272 g/mol. The Morgan fingerprint density at radius 3 is 2.70 bits per heavy atom. The monoisotopic (exact) mass is 272 g/mol. The van der Waals surface area contributed by atoms with E-state index in [1.54, 1.807) is 0 Å². The predicted molar refractivity (Wildman–Crippen MR) is 80.4 cm³/mol. The molecular formula is C17H24N2O. The quantitative estimate of drug-likeness (QED) is 0.834. The molecular weight excluding hydrogens is 248 g/mol. The highest BCUT2D eigenvalue weighted by atomic mass is 16.1. The molecule has 2 N–H and O–H groups in total. The summed E-state index contributed by atoms with van der Waals surface area (Å²) in [5, 5.41) is 6.67. The van der Waals surface area contributed by atoms with E-state index in [4.69, 9.17) is 0 Å². The van der Waals surface area contributed by atoms with Gasteiger partial charge in [0.05, 0.1) is 0 Å². The van der Waals surface area contributed by atoms with E-state index >= 15 is 0 Å². The number of carbonyl (C=O) groups excluding carboxylic acids is 1. The summed E-state index contributed by atoms with van der Waals surface area (Å²) in [7, 11) is 0. The fraction of sp³-hybridized carbons (Fsp3) is 0.588. The Bertz CT molecular complexity index is 436. The van der Waals surface area contributed by atoms with Gasteiger partial charge in [-0.2, -0.15) is 0 Å². The summed E-state index contributed by atoms with van der Waals surface area (Å²) < 4.78 is 0. The number of nitrogens with one attached hydrogen (secondary N) is 2. The van der Waals surface area contributed by atoms with Gasteiger partial charge in [0, 0.05) is 18.5 Å². The molecule has 1 aliphatic carbocycles. The zero-order valence-electron chi connectivity index (χ0n) is 12.0. The lowest BCUT2D eigenvalue weighted by molar-refractivity contribution is -0.122. The van der Waals surface area contributed by atoms with Crippen molar-refractivity contribution in [2.45, 2.75) is 50.6 Å². The van der Waals surface area contributed by atoms with Gasteiger partial charge in [0.1, 0.15) is 0 Å². The van der Waals surface area contributed by atoms with Gasteiger partial charge in [-0.3, -0.25) is 4.79 Å². The molecule has 2 aliphatic rings. The Kier molecular flexibility index (Phi) is 4.36. The third kappa shape index (κ3) is 3.83. The highest BCUT2D eigenvalue weighted by Gasteiger charge is 2.32. The fourth-order valence-electron chi connectivity index (χ4n) is 3.12. The van der Waals surface area contributed by atoms with Crippen LogP contribution in [0.25, 0.3) is 0 Å². The van der Waals surface area contributed by atoms with E-state index in [-0.39, 0.29) is 5.91 Å². The maximum atomic E-state index is 12.2. The topological polar surface area (TPSA) is 41.1 Å². The second-order valence-corrected chi connectivity index (χ2v) is 6.20. The summed E-state index contributed by atoms with van der Waals surface area (Å²) >= 11 is 0. The fourth-order valence-corrected chi connectivity index (χ4v) is 3.12. The first kappa shape index (κ1) is 13.6. The highest BCUT2D eigenvalue weighted by Crippen LogP contribution is 2.34. The van der Waals surface area contributed by atoms with Gasteiger partial charge in [-0.05, 0) is 50.1 Å². The Balaban J connectivity index is 1.53. The second-order valence-electron chi connectivity index (χ2n) is 6.20.